The average Bonchev–Trinajstić information content (AvgIpc) is 2.49. The lowest BCUT2D eigenvalue weighted by atomic mass is 10.2. The van der Waals surface area contributed by atoms with E-state index in [0.29, 0.717) is 5.56 Å². The molecule has 0 spiro atoms. The van der Waals surface area contributed by atoms with Crippen LogP contribution >= 0.6 is 0 Å². The van der Waals surface area contributed by atoms with Gasteiger partial charge in [-0.25, -0.2) is 17.8 Å². The first kappa shape index (κ1) is 19.4. The molecule has 0 aliphatic rings. The maximum Gasteiger partial charge on any atom is 0.407 e. The molecule has 0 aromatic heterocycles. The van der Waals surface area contributed by atoms with Crippen molar-refractivity contribution in [3.8, 4) is 0 Å². The molecule has 10 heteroatoms. The summed E-state index contributed by atoms with van der Waals surface area (Å²) in [7, 11) is 0. The molecule has 0 bridgehead atoms. The number of ether oxygens (including phenoxy) is 1. The van der Waals surface area contributed by atoms with Crippen LogP contribution in [0.15, 0.2) is 30.3 Å². The Bertz CT molecular complexity index is 537. The van der Waals surface area contributed by atoms with Crippen LogP contribution in [0, 0.1) is 0 Å². The summed E-state index contributed by atoms with van der Waals surface area (Å²) in [6.07, 6.45) is -1.10. The molecular weight excluding hydrogens is 342 g/mol. The first-order chi connectivity index (χ1) is 10.6. The van der Waals surface area contributed by atoms with E-state index in [4.69, 9.17) is 4.74 Å². The second-order valence-corrected chi connectivity index (χ2v) is 6.00. The fraction of sp³-hybridized carbons (Fsp3) is 0.462. The third-order valence-corrected chi connectivity index (χ3v) is 3.29. The lowest BCUT2D eigenvalue weighted by Gasteiger charge is -2.17. The molecule has 0 fully saturated rings. The van der Waals surface area contributed by atoms with Crippen molar-refractivity contribution in [1.29, 1.82) is 0 Å². The normalized spacial score (nSPS) is 13.4. The van der Waals surface area contributed by atoms with Gasteiger partial charge in [0.2, 0.25) is 11.1 Å². The second-order valence-electron chi connectivity index (χ2n) is 4.58. The summed E-state index contributed by atoms with van der Waals surface area (Å²) in [5, 5.41) is -1.97. The minimum atomic E-state index is -3.75. The summed E-state index contributed by atoms with van der Waals surface area (Å²) in [6.45, 7) is -2.56. The van der Waals surface area contributed by atoms with Gasteiger partial charge in [0.05, 0.1) is 6.54 Å². The van der Waals surface area contributed by atoms with Crippen molar-refractivity contribution >= 4 is 17.2 Å². The number of alkyl halides is 4. The van der Waals surface area contributed by atoms with Crippen LogP contribution in [-0.4, -0.2) is 34.6 Å². The Morgan fingerprint density at radius 1 is 1.22 bits per heavy atom. The molecule has 130 valence electrons. The quantitative estimate of drug-likeness (QED) is 0.727. The number of carbonyl (C=O) groups excluding carboxylic acids is 1. The fourth-order valence-corrected chi connectivity index (χ4v) is 1.76. The van der Waals surface area contributed by atoms with Gasteiger partial charge in [-0.15, -0.1) is 0 Å². The van der Waals surface area contributed by atoms with E-state index in [1.165, 1.54) is 0 Å². The van der Waals surface area contributed by atoms with E-state index in [-0.39, 0.29) is 13.5 Å². The third-order valence-electron chi connectivity index (χ3n) is 2.37. The molecule has 1 atom stereocenters. The molecule has 1 aromatic carbocycles. The number of carbonyl (C=O) groups is 1. The number of halogens is 4. The summed E-state index contributed by atoms with van der Waals surface area (Å²) in [5.41, 5.74) is 0.665. The highest BCUT2D eigenvalue weighted by Crippen LogP contribution is 2.21. The second kappa shape index (κ2) is 8.25. The Balaban J connectivity index is 2.31. The largest absolute Gasteiger partial charge is 0.445 e. The van der Waals surface area contributed by atoms with Gasteiger partial charge in [0.1, 0.15) is 13.2 Å². The maximum absolute atomic E-state index is 13.3. The van der Waals surface area contributed by atoms with Crippen molar-refractivity contribution < 1.29 is 35.5 Å². The number of amides is 1. The van der Waals surface area contributed by atoms with Gasteiger partial charge in [0, 0.05) is 6.92 Å². The minimum absolute atomic E-state index is 0.110. The van der Waals surface area contributed by atoms with Crippen LogP contribution < -0.4 is 5.32 Å². The molecule has 0 saturated heterocycles. The first-order valence-electron chi connectivity index (χ1n) is 6.35. The molecule has 1 rings (SSSR count). The zero-order valence-electron chi connectivity index (χ0n) is 12.1. The van der Waals surface area contributed by atoms with Crippen LogP contribution in [0.1, 0.15) is 12.5 Å². The Kier molecular flexibility index (Phi) is 6.95. The van der Waals surface area contributed by atoms with Gasteiger partial charge < -0.3 is 10.1 Å². The van der Waals surface area contributed by atoms with E-state index in [2.05, 4.69) is 4.18 Å². The molecular formula is C13H15F4NO4S. The lowest BCUT2D eigenvalue weighted by molar-refractivity contribution is -0.0386. The summed E-state index contributed by atoms with van der Waals surface area (Å²) < 4.78 is 71.1. The maximum atomic E-state index is 13.3. The Morgan fingerprint density at radius 2 is 1.83 bits per heavy atom. The van der Waals surface area contributed by atoms with E-state index in [0.717, 1.165) is 0 Å². The van der Waals surface area contributed by atoms with Gasteiger partial charge in [0.25, 0.3) is 5.92 Å². The Morgan fingerprint density at radius 3 is 2.39 bits per heavy atom. The van der Waals surface area contributed by atoms with Crippen molar-refractivity contribution in [2.75, 3.05) is 13.2 Å². The van der Waals surface area contributed by atoms with Gasteiger partial charge in [-0.2, -0.15) is 8.78 Å². The highest BCUT2D eigenvalue weighted by Gasteiger charge is 2.37. The Labute approximate surface area is 132 Å². The Hall–Kier alpha value is -1.68. The average molecular weight is 357 g/mol. The smallest absolute Gasteiger partial charge is 0.407 e. The highest BCUT2D eigenvalue weighted by molar-refractivity contribution is 7.81. The number of alkyl carbamates (subject to hydrolysis) is 1. The van der Waals surface area contributed by atoms with Gasteiger partial charge in [0.15, 0.2) is 0 Å². The molecule has 0 saturated carbocycles. The fourth-order valence-electron chi connectivity index (χ4n) is 1.27. The zero-order chi connectivity index (χ0) is 17.5. The van der Waals surface area contributed by atoms with Crippen LogP contribution in [-0.2, 0) is 26.6 Å². The van der Waals surface area contributed by atoms with Crippen molar-refractivity contribution in [2.24, 2.45) is 0 Å². The zero-order valence-corrected chi connectivity index (χ0v) is 12.9. The van der Waals surface area contributed by atoms with Crippen LogP contribution in [0.4, 0.5) is 22.4 Å². The molecule has 1 aromatic rings. The minimum Gasteiger partial charge on any atom is -0.445 e. The van der Waals surface area contributed by atoms with Crippen molar-refractivity contribution in [3.63, 3.8) is 0 Å². The van der Waals surface area contributed by atoms with E-state index >= 15 is 0 Å². The molecule has 1 unspecified atom stereocenters. The highest BCUT2D eigenvalue weighted by atomic mass is 32.2. The predicted molar refractivity (Wildman–Crippen MR) is 74.3 cm³/mol. The number of hydrogen-bond donors (Lipinski definition) is 1. The molecule has 1 amide bonds. The van der Waals surface area contributed by atoms with E-state index < -0.39 is 41.5 Å². The standard InChI is InChI=1S/C13H15F4NO4S/c1-12(14,15)23(20)22-9-13(16,17)8-18-11(19)21-7-10-5-3-2-4-6-10/h2-6H,7-9H2,1H3,(H,18,19). The SMILES string of the molecule is CC(F)(F)S(=O)OCC(F)(F)CNC(=O)OCc1ccccc1. The number of nitrogens with one attached hydrogen (secondary N) is 1. The van der Waals surface area contributed by atoms with Crippen molar-refractivity contribution in [3.05, 3.63) is 35.9 Å². The molecule has 1 N–H and O–H groups in total. The molecule has 0 aliphatic carbocycles. The predicted octanol–water partition coefficient (Wildman–Crippen LogP) is 2.84. The summed E-state index contributed by atoms with van der Waals surface area (Å²) in [6, 6.07) is 8.54. The van der Waals surface area contributed by atoms with Gasteiger partial charge in [-0.1, -0.05) is 30.3 Å². The molecule has 23 heavy (non-hydrogen) atoms. The van der Waals surface area contributed by atoms with Gasteiger partial charge in [-0.3, -0.25) is 4.18 Å². The third kappa shape index (κ3) is 7.93. The number of hydrogen-bond acceptors (Lipinski definition) is 4. The van der Waals surface area contributed by atoms with Gasteiger partial charge >= 0.3 is 11.3 Å². The van der Waals surface area contributed by atoms with Gasteiger partial charge in [-0.05, 0) is 5.56 Å². The van der Waals surface area contributed by atoms with Crippen LogP contribution in [0.25, 0.3) is 0 Å². The molecule has 0 aliphatic heterocycles. The summed E-state index contributed by atoms with van der Waals surface area (Å²) in [4.78, 5) is 11.3. The van der Waals surface area contributed by atoms with E-state index in [1.807, 2.05) is 0 Å². The molecule has 5 nitrogen and oxygen atoms in total. The van der Waals surface area contributed by atoms with Crippen LogP contribution in [0.2, 0.25) is 0 Å². The first-order valence-corrected chi connectivity index (χ1v) is 7.43. The topological polar surface area (TPSA) is 64.6 Å². The van der Waals surface area contributed by atoms with E-state index in [9.17, 15) is 26.6 Å². The van der Waals surface area contributed by atoms with Crippen LogP contribution in [0.3, 0.4) is 0 Å². The lowest BCUT2D eigenvalue weighted by Crippen LogP contribution is -2.40. The van der Waals surface area contributed by atoms with E-state index in [1.54, 1.807) is 35.6 Å². The van der Waals surface area contributed by atoms with Crippen molar-refractivity contribution in [1.82, 2.24) is 5.32 Å². The summed E-state index contributed by atoms with van der Waals surface area (Å²) >= 11 is -3.18. The summed E-state index contributed by atoms with van der Waals surface area (Å²) in [5.74, 6) is -3.67. The van der Waals surface area contributed by atoms with Crippen molar-refractivity contribution in [2.45, 2.75) is 24.7 Å². The monoisotopic (exact) mass is 357 g/mol. The molecule has 0 heterocycles. The van der Waals surface area contributed by atoms with Crippen LogP contribution in [0.5, 0.6) is 0 Å². The molecule has 0 radical (unpaired) electrons. The number of rotatable bonds is 8. The number of benzene rings is 1.